The molecule has 0 radical (unpaired) electrons. The van der Waals surface area contributed by atoms with Crippen LogP contribution in [0.15, 0.2) is 53.6 Å². The van der Waals surface area contributed by atoms with Gasteiger partial charge in [-0.05, 0) is 42.5 Å². The number of benzene rings is 1. The van der Waals surface area contributed by atoms with Crippen LogP contribution in [0.2, 0.25) is 0 Å². The molecule has 1 N–H and O–H groups in total. The zero-order chi connectivity index (χ0) is 28.6. The van der Waals surface area contributed by atoms with E-state index in [-0.39, 0.29) is 23.6 Å². The molecule has 4 heterocycles. The van der Waals surface area contributed by atoms with Crippen LogP contribution in [0.4, 0.5) is 17.6 Å². The smallest absolute Gasteiger partial charge is 0.280 e. The third-order valence-corrected chi connectivity index (χ3v) is 7.98. The summed E-state index contributed by atoms with van der Waals surface area (Å²) in [6, 6.07) is 9.34. The van der Waals surface area contributed by atoms with Gasteiger partial charge in [-0.2, -0.15) is 0 Å². The Morgan fingerprint density at radius 3 is 2.73 bits per heavy atom. The largest absolute Gasteiger partial charge is 0.480 e. The topological polar surface area (TPSA) is 120 Å². The van der Waals surface area contributed by atoms with E-state index in [1.54, 1.807) is 18.2 Å². The fraction of sp³-hybridized carbons (Fsp3) is 0.231. The average Bonchev–Trinajstić information content (AvgIpc) is 3.06. The zero-order valence-electron chi connectivity index (χ0n) is 20.7. The van der Waals surface area contributed by atoms with Gasteiger partial charge in [0.25, 0.3) is 12.3 Å². The molecule has 9 nitrogen and oxygen atoms in total. The lowest BCUT2D eigenvalue weighted by Gasteiger charge is -2.12. The van der Waals surface area contributed by atoms with Gasteiger partial charge in [0.2, 0.25) is 21.2 Å². The number of hydrogen-bond acceptors (Lipinski definition) is 8. The molecule has 14 heteroatoms. The van der Waals surface area contributed by atoms with Gasteiger partial charge in [-0.3, -0.25) is 9.78 Å². The lowest BCUT2D eigenvalue weighted by molar-refractivity contribution is 0.0938. The van der Waals surface area contributed by atoms with Crippen LogP contribution in [0.3, 0.4) is 0 Å². The molecule has 0 bridgehead atoms. The number of amides is 1. The zero-order valence-corrected chi connectivity index (χ0v) is 21.5. The Bertz CT molecular complexity index is 1740. The van der Waals surface area contributed by atoms with Crippen molar-refractivity contribution >= 4 is 26.6 Å². The van der Waals surface area contributed by atoms with E-state index in [2.05, 4.69) is 20.3 Å². The van der Waals surface area contributed by atoms with E-state index >= 15 is 0 Å². The van der Waals surface area contributed by atoms with Gasteiger partial charge in [0.15, 0.2) is 0 Å². The van der Waals surface area contributed by atoms with Crippen LogP contribution >= 0.6 is 0 Å². The first kappa shape index (κ1) is 27.4. The number of methoxy groups -OCH3 is 1. The molecule has 5 rings (SSSR count). The number of ether oxygens (including phenoxy) is 2. The van der Waals surface area contributed by atoms with E-state index in [0.29, 0.717) is 27.9 Å². The predicted octanol–water partition coefficient (Wildman–Crippen LogP) is 4.31. The van der Waals surface area contributed by atoms with E-state index in [4.69, 9.17) is 9.47 Å². The number of carbonyl (C=O) groups excluding carboxylic acids is 1. The molecule has 4 aromatic rings. The van der Waals surface area contributed by atoms with Crippen molar-refractivity contribution in [2.75, 3.05) is 13.7 Å². The minimum Gasteiger partial charge on any atom is -0.480 e. The van der Waals surface area contributed by atoms with E-state index in [1.807, 2.05) is 0 Å². The maximum Gasteiger partial charge on any atom is 0.280 e. The molecule has 3 aromatic heterocycles. The molecule has 40 heavy (non-hydrogen) atoms. The van der Waals surface area contributed by atoms with Crippen LogP contribution < -0.4 is 10.1 Å². The number of pyridine rings is 3. The third kappa shape index (κ3) is 5.19. The molecule has 1 atom stereocenters. The monoisotopic (exact) mass is 576 g/mol. The predicted molar refractivity (Wildman–Crippen MR) is 134 cm³/mol. The van der Waals surface area contributed by atoms with Gasteiger partial charge >= 0.3 is 0 Å². The summed E-state index contributed by atoms with van der Waals surface area (Å²) < 4.78 is 89.8. The number of nitrogens with zero attached hydrogens (tertiary/aromatic N) is 3. The highest BCUT2D eigenvalue weighted by Gasteiger charge is 2.35. The number of alkyl halides is 3. The van der Waals surface area contributed by atoms with Crippen molar-refractivity contribution in [1.29, 1.82) is 0 Å². The summed E-state index contributed by atoms with van der Waals surface area (Å²) >= 11 is 0. The number of sulfone groups is 1. The maximum absolute atomic E-state index is 14.7. The molecule has 0 saturated carbocycles. The number of carbonyl (C=O) groups is 1. The van der Waals surface area contributed by atoms with Crippen molar-refractivity contribution in [1.82, 2.24) is 20.3 Å². The van der Waals surface area contributed by atoms with Crippen LogP contribution in [0.25, 0.3) is 22.2 Å². The number of hydrogen-bond donors (Lipinski definition) is 1. The molecule has 208 valence electrons. The van der Waals surface area contributed by atoms with Crippen LogP contribution in [0.1, 0.15) is 33.7 Å². The Kier molecular flexibility index (Phi) is 7.38. The lowest BCUT2D eigenvalue weighted by Crippen LogP contribution is -2.25. The van der Waals surface area contributed by atoms with Gasteiger partial charge in [0.1, 0.15) is 11.5 Å². The summed E-state index contributed by atoms with van der Waals surface area (Å²) in [4.78, 5) is 24.8. The lowest BCUT2D eigenvalue weighted by atomic mass is 10.1. The van der Waals surface area contributed by atoms with Gasteiger partial charge in [-0.25, -0.2) is 35.9 Å². The quantitative estimate of drug-likeness (QED) is 0.338. The second-order valence-corrected chi connectivity index (χ2v) is 10.8. The molecule has 0 spiro atoms. The van der Waals surface area contributed by atoms with Crippen LogP contribution in [0.5, 0.6) is 5.88 Å². The summed E-state index contributed by atoms with van der Waals surface area (Å²) in [7, 11) is -3.24. The van der Waals surface area contributed by atoms with Gasteiger partial charge in [-0.1, -0.05) is 0 Å². The standard InChI is InChI=1S/C26H20F4N4O5S/c1-38-26-16(3-5-20(34-26)24(29)30)19-4-2-13-9-31-15(8-21(13)33-19)10-32-25(35)14-6-18(27)17-11-39-12-23(28)40(36,37)22(17)7-14/h2-9,23-24H,10-12H2,1H3,(H,32,35)/t23-/m1/s1. The molecule has 0 unspecified atom stereocenters. The van der Waals surface area contributed by atoms with Crippen molar-refractivity contribution in [2.24, 2.45) is 0 Å². The SMILES string of the molecule is COc1nc(C(F)F)ccc1-c1ccc2cnc(CNC(=O)c3cc(F)c4c(c3)S(=O)(=O)[C@@H](F)COC4)cc2n1. The first-order valence-corrected chi connectivity index (χ1v) is 13.3. The number of fused-ring (bicyclic) bond motifs is 2. The highest BCUT2D eigenvalue weighted by atomic mass is 32.2. The summed E-state index contributed by atoms with van der Waals surface area (Å²) in [6.45, 7) is -1.32. The minimum atomic E-state index is -4.55. The van der Waals surface area contributed by atoms with E-state index < -0.39 is 57.3 Å². The number of halogens is 4. The Labute approximate surface area is 225 Å². The van der Waals surface area contributed by atoms with Crippen molar-refractivity contribution in [3.8, 4) is 17.1 Å². The van der Waals surface area contributed by atoms with Crippen molar-refractivity contribution in [2.45, 2.75) is 30.0 Å². The normalized spacial score (nSPS) is 16.4. The van der Waals surface area contributed by atoms with E-state index in [1.165, 1.54) is 25.4 Å². The van der Waals surface area contributed by atoms with Gasteiger partial charge in [-0.15, -0.1) is 0 Å². The summed E-state index contributed by atoms with van der Waals surface area (Å²) in [6.07, 6.45) is -1.25. The van der Waals surface area contributed by atoms with Crippen LogP contribution in [0, 0.1) is 5.82 Å². The summed E-state index contributed by atoms with van der Waals surface area (Å²) in [5, 5.41) is 3.18. The highest BCUT2D eigenvalue weighted by Crippen LogP contribution is 2.31. The molecule has 0 aliphatic carbocycles. The average molecular weight is 577 g/mol. The second-order valence-electron chi connectivity index (χ2n) is 8.75. The highest BCUT2D eigenvalue weighted by molar-refractivity contribution is 7.92. The maximum atomic E-state index is 14.7. The first-order valence-electron chi connectivity index (χ1n) is 11.7. The van der Waals surface area contributed by atoms with Crippen molar-refractivity contribution in [3.05, 3.63) is 77.0 Å². The summed E-state index contributed by atoms with van der Waals surface area (Å²) in [5.41, 5.74) is -1.86. The summed E-state index contributed by atoms with van der Waals surface area (Å²) in [5.74, 6) is -1.84. The molecular weight excluding hydrogens is 556 g/mol. The van der Waals surface area contributed by atoms with E-state index in [0.717, 1.165) is 12.1 Å². The number of aromatic nitrogens is 3. The Morgan fingerprint density at radius 2 is 1.98 bits per heavy atom. The van der Waals surface area contributed by atoms with Crippen molar-refractivity contribution < 1.29 is 40.2 Å². The molecule has 0 fully saturated rings. The fourth-order valence-electron chi connectivity index (χ4n) is 4.12. The number of nitrogens with one attached hydrogen (secondary N) is 1. The second kappa shape index (κ2) is 10.8. The van der Waals surface area contributed by atoms with Gasteiger partial charge in [0.05, 0.1) is 54.2 Å². The molecular formula is C26H20F4N4O5S. The first-order chi connectivity index (χ1) is 19.1. The minimum absolute atomic E-state index is 0.0214. The van der Waals surface area contributed by atoms with Crippen LogP contribution in [-0.4, -0.2) is 48.5 Å². The third-order valence-electron chi connectivity index (χ3n) is 6.19. The Hall–Kier alpha value is -4.17. The van der Waals surface area contributed by atoms with Crippen molar-refractivity contribution in [3.63, 3.8) is 0 Å². The Morgan fingerprint density at radius 1 is 1.18 bits per heavy atom. The Balaban J connectivity index is 1.39. The van der Waals surface area contributed by atoms with Crippen LogP contribution in [-0.2, 0) is 27.7 Å². The molecule has 1 aromatic carbocycles. The fourth-order valence-corrected chi connectivity index (χ4v) is 5.46. The number of rotatable bonds is 6. The molecule has 1 amide bonds. The van der Waals surface area contributed by atoms with Gasteiger partial charge in [0, 0.05) is 22.7 Å². The van der Waals surface area contributed by atoms with Gasteiger partial charge < -0.3 is 14.8 Å². The molecule has 1 aliphatic rings. The molecule has 0 saturated heterocycles. The molecule has 1 aliphatic heterocycles. The van der Waals surface area contributed by atoms with E-state index in [9.17, 15) is 30.8 Å².